The maximum absolute atomic E-state index is 12.7. The van der Waals surface area contributed by atoms with Crippen molar-refractivity contribution in [1.82, 2.24) is 4.98 Å². The average molecular weight is 398 g/mol. The standard InChI is InChI=1S/C20H19N3O2S2/c24-19(17-14-26-20(22-17)15-6-2-1-3-7-15)21-16-8-4-5-9-18(16)23-10-12-27(25)13-11-23/h1-9,14H,10-13H2,(H,21,24). The Morgan fingerprint density at radius 2 is 1.74 bits per heavy atom. The average Bonchev–Trinajstić information content (AvgIpc) is 3.20. The molecule has 27 heavy (non-hydrogen) atoms. The number of amides is 1. The molecule has 0 atom stereocenters. The number of hydrogen-bond donors (Lipinski definition) is 1. The molecule has 2 heterocycles. The van der Waals surface area contributed by atoms with Crippen molar-refractivity contribution in [3.8, 4) is 10.6 Å². The topological polar surface area (TPSA) is 62.3 Å². The zero-order chi connectivity index (χ0) is 18.6. The molecular weight excluding hydrogens is 378 g/mol. The number of anilines is 2. The van der Waals surface area contributed by atoms with Crippen LogP contribution in [0.4, 0.5) is 11.4 Å². The molecule has 0 saturated carbocycles. The Balaban J connectivity index is 1.52. The summed E-state index contributed by atoms with van der Waals surface area (Å²) >= 11 is 1.46. The van der Waals surface area contributed by atoms with Crippen LogP contribution in [0.3, 0.4) is 0 Å². The first-order valence-corrected chi connectivity index (χ1v) is 11.1. The van der Waals surface area contributed by atoms with Crippen LogP contribution < -0.4 is 10.2 Å². The number of benzene rings is 2. The molecule has 138 valence electrons. The smallest absolute Gasteiger partial charge is 0.275 e. The second kappa shape index (κ2) is 8.02. The predicted molar refractivity (Wildman–Crippen MR) is 112 cm³/mol. The molecular formula is C20H19N3O2S2. The van der Waals surface area contributed by atoms with Crippen LogP contribution in [0, 0.1) is 0 Å². The Bertz CT molecular complexity index is 962. The van der Waals surface area contributed by atoms with Crippen molar-refractivity contribution in [3.05, 3.63) is 65.7 Å². The fourth-order valence-electron chi connectivity index (χ4n) is 3.01. The van der Waals surface area contributed by atoms with Crippen LogP contribution in [0.15, 0.2) is 60.0 Å². The SMILES string of the molecule is O=C(Nc1ccccc1N1CCS(=O)CC1)c1csc(-c2ccccc2)n1. The van der Waals surface area contributed by atoms with E-state index in [1.165, 1.54) is 11.3 Å². The number of carbonyl (C=O) groups excluding carboxylic acids is 1. The third kappa shape index (κ3) is 4.09. The van der Waals surface area contributed by atoms with Crippen molar-refractivity contribution in [3.63, 3.8) is 0 Å². The number of aromatic nitrogens is 1. The number of nitrogens with one attached hydrogen (secondary N) is 1. The highest BCUT2D eigenvalue weighted by Gasteiger charge is 2.19. The minimum Gasteiger partial charge on any atom is -0.368 e. The van der Waals surface area contributed by atoms with Gasteiger partial charge in [0.05, 0.1) is 11.4 Å². The second-order valence-corrected chi connectivity index (χ2v) is 8.76. The van der Waals surface area contributed by atoms with E-state index in [9.17, 15) is 9.00 Å². The van der Waals surface area contributed by atoms with Gasteiger partial charge in [-0.15, -0.1) is 11.3 Å². The summed E-state index contributed by atoms with van der Waals surface area (Å²) in [4.78, 5) is 19.4. The van der Waals surface area contributed by atoms with Crippen molar-refractivity contribution in [1.29, 1.82) is 0 Å². The third-order valence-electron chi connectivity index (χ3n) is 4.43. The molecule has 3 aromatic rings. The Hall–Kier alpha value is -2.51. The molecule has 1 N–H and O–H groups in total. The van der Waals surface area contributed by atoms with E-state index in [0.717, 1.165) is 35.0 Å². The van der Waals surface area contributed by atoms with Crippen LogP contribution in [0.2, 0.25) is 0 Å². The molecule has 7 heteroatoms. The zero-order valence-electron chi connectivity index (χ0n) is 14.6. The molecule has 1 fully saturated rings. The fraction of sp³-hybridized carbons (Fsp3) is 0.200. The second-order valence-electron chi connectivity index (χ2n) is 6.21. The van der Waals surface area contributed by atoms with E-state index in [2.05, 4.69) is 15.2 Å². The molecule has 1 amide bonds. The van der Waals surface area contributed by atoms with Gasteiger partial charge in [-0.1, -0.05) is 42.5 Å². The molecule has 0 spiro atoms. The van der Waals surface area contributed by atoms with Crippen LogP contribution in [0.5, 0.6) is 0 Å². The van der Waals surface area contributed by atoms with Gasteiger partial charge < -0.3 is 10.2 Å². The van der Waals surface area contributed by atoms with Crippen LogP contribution >= 0.6 is 11.3 Å². The van der Waals surface area contributed by atoms with Gasteiger partial charge in [0.2, 0.25) is 0 Å². The molecule has 0 bridgehead atoms. The van der Waals surface area contributed by atoms with Crippen molar-refractivity contribution >= 4 is 39.4 Å². The van der Waals surface area contributed by atoms with Crippen LogP contribution in [-0.2, 0) is 10.8 Å². The molecule has 0 aliphatic carbocycles. The van der Waals surface area contributed by atoms with E-state index in [4.69, 9.17) is 0 Å². The van der Waals surface area contributed by atoms with Gasteiger partial charge in [0.1, 0.15) is 10.7 Å². The Labute approximate surface area is 164 Å². The summed E-state index contributed by atoms with van der Waals surface area (Å²) in [5.74, 6) is 1.10. The number of thiazole rings is 1. The molecule has 1 aliphatic heterocycles. The number of hydrogen-bond acceptors (Lipinski definition) is 5. The van der Waals surface area contributed by atoms with E-state index in [1.54, 1.807) is 5.38 Å². The summed E-state index contributed by atoms with van der Waals surface area (Å²) in [7, 11) is -0.735. The van der Waals surface area contributed by atoms with Crippen molar-refractivity contribution in [2.24, 2.45) is 0 Å². The van der Waals surface area contributed by atoms with Crippen molar-refractivity contribution in [2.75, 3.05) is 34.8 Å². The molecule has 0 radical (unpaired) electrons. The largest absolute Gasteiger partial charge is 0.368 e. The monoisotopic (exact) mass is 397 g/mol. The van der Waals surface area contributed by atoms with Crippen LogP contribution in [-0.4, -0.2) is 39.7 Å². The van der Waals surface area contributed by atoms with Crippen molar-refractivity contribution in [2.45, 2.75) is 0 Å². The van der Waals surface area contributed by atoms with E-state index >= 15 is 0 Å². The lowest BCUT2D eigenvalue weighted by Gasteiger charge is -2.30. The highest BCUT2D eigenvalue weighted by molar-refractivity contribution is 7.85. The lowest BCUT2D eigenvalue weighted by molar-refractivity contribution is 0.102. The van der Waals surface area contributed by atoms with E-state index in [-0.39, 0.29) is 5.91 Å². The van der Waals surface area contributed by atoms with Crippen LogP contribution in [0.1, 0.15) is 10.5 Å². The minimum absolute atomic E-state index is 0.221. The highest BCUT2D eigenvalue weighted by Crippen LogP contribution is 2.28. The lowest BCUT2D eigenvalue weighted by atomic mass is 10.2. The first-order chi connectivity index (χ1) is 13.2. The summed E-state index contributed by atoms with van der Waals surface area (Å²) in [6.45, 7) is 1.46. The highest BCUT2D eigenvalue weighted by atomic mass is 32.2. The summed E-state index contributed by atoms with van der Waals surface area (Å²) < 4.78 is 11.6. The third-order valence-corrected chi connectivity index (χ3v) is 6.60. The summed E-state index contributed by atoms with van der Waals surface area (Å²) in [6.07, 6.45) is 0. The molecule has 1 saturated heterocycles. The summed E-state index contributed by atoms with van der Waals surface area (Å²) in [5, 5.41) is 5.60. The molecule has 1 aromatic heterocycles. The van der Waals surface area contributed by atoms with E-state index in [0.29, 0.717) is 17.2 Å². The summed E-state index contributed by atoms with van der Waals surface area (Å²) in [5.41, 5.74) is 3.13. The number of nitrogens with zero attached hydrogens (tertiary/aromatic N) is 2. The molecule has 1 aliphatic rings. The maximum Gasteiger partial charge on any atom is 0.275 e. The quantitative estimate of drug-likeness (QED) is 0.730. The summed E-state index contributed by atoms with van der Waals surface area (Å²) in [6, 6.07) is 17.6. The van der Waals surface area contributed by atoms with E-state index < -0.39 is 10.8 Å². The number of para-hydroxylation sites is 2. The van der Waals surface area contributed by atoms with Gasteiger partial charge in [-0.3, -0.25) is 9.00 Å². The van der Waals surface area contributed by atoms with E-state index in [1.807, 2.05) is 54.6 Å². The minimum atomic E-state index is -0.735. The lowest BCUT2D eigenvalue weighted by Crippen LogP contribution is -2.38. The molecule has 5 nitrogen and oxygen atoms in total. The number of rotatable bonds is 4. The molecule has 4 rings (SSSR count). The molecule has 0 unspecified atom stereocenters. The first kappa shape index (κ1) is 17.9. The van der Waals surface area contributed by atoms with Crippen LogP contribution in [0.25, 0.3) is 10.6 Å². The van der Waals surface area contributed by atoms with Gasteiger partial charge in [0.25, 0.3) is 5.91 Å². The Morgan fingerprint density at radius 3 is 2.52 bits per heavy atom. The normalized spacial score (nSPS) is 14.9. The van der Waals surface area contributed by atoms with Gasteiger partial charge in [-0.2, -0.15) is 0 Å². The first-order valence-electron chi connectivity index (χ1n) is 8.72. The maximum atomic E-state index is 12.7. The molecule has 2 aromatic carbocycles. The van der Waals surface area contributed by atoms with Gasteiger partial charge in [0.15, 0.2) is 0 Å². The Kier molecular flexibility index (Phi) is 5.31. The van der Waals surface area contributed by atoms with Gasteiger partial charge in [-0.05, 0) is 12.1 Å². The van der Waals surface area contributed by atoms with Gasteiger partial charge in [0, 0.05) is 46.3 Å². The fourth-order valence-corrected chi connectivity index (χ4v) is 4.87. The Morgan fingerprint density at radius 1 is 1.04 bits per heavy atom. The van der Waals surface area contributed by atoms with Crippen molar-refractivity contribution < 1.29 is 9.00 Å². The zero-order valence-corrected chi connectivity index (χ0v) is 16.3. The number of carbonyl (C=O) groups is 1. The van der Waals surface area contributed by atoms with Gasteiger partial charge in [-0.25, -0.2) is 4.98 Å². The predicted octanol–water partition coefficient (Wildman–Crippen LogP) is 3.63. The van der Waals surface area contributed by atoms with Gasteiger partial charge >= 0.3 is 0 Å².